The molecule has 1 atom stereocenters. The zero-order chi connectivity index (χ0) is 11.6. The van der Waals surface area contributed by atoms with E-state index in [4.69, 9.17) is 0 Å². The molecule has 0 saturated carbocycles. The first-order valence-electron chi connectivity index (χ1n) is 5.54. The van der Waals surface area contributed by atoms with Gasteiger partial charge < -0.3 is 0 Å². The summed E-state index contributed by atoms with van der Waals surface area (Å²) in [7, 11) is 0. The number of hydrogen-bond donors (Lipinski definition) is 0. The molecule has 0 aliphatic rings. The lowest BCUT2D eigenvalue weighted by atomic mass is 9.98. The van der Waals surface area contributed by atoms with Gasteiger partial charge in [0.25, 0.3) is 0 Å². The van der Waals surface area contributed by atoms with Crippen molar-refractivity contribution in [3.05, 3.63) is 17.0 Å². The van der Waals surface area contributed by atoms with Gasteiger partial charge in [-0.3, -0.25) is 4.68 Å². The molecular formula is C12H21BrN2. The summed E-state index contributed by atoms with van der Waals surface area (Å²) in [5.41, 5.74) is 3.79. The summed E-state index contributed by atoms with van der Waals surface area (Å²) in [6.45, 7) is 11.9. The number of aryl methyl sites for hydroxylation is 1. The second kappa shape index (κ2) is 5.15. The summed E-state index contributed by atoms with van der Waals surface area (Å²) < 4.78 is 2.15. The highest BCUT2D eigenvalue weighted by Gasteiger charge is 2.15. The molecule has 86 valence electrons. The summed E-state index contributed by atoms with van der Waals surface area (Å²) in [6, 6.07) is 0. The second-order valence-electron chi connectivity index (χ2n) is 4.64. The molecule has 0 aliphatic heterocycles. The summed E-state index contributed by atoms with van der Waals surface area (Å²) >= 11 is 3.58. The number of hydrogen-bond acceptors (Lipinski definition) is 1. The maximum Gasteiger partial charge on any atom is 0.0625 e. The summed E-state index contributed by atoms with van der Waals surface area (Å²) in [5, 5.41) is 5.62. The summed E-state index contributed by atoms with van der Waals surface area (Å²) in [4.78, 5) is 0. The molecule has 1 aromatic rings. The minimum atomic E-state index is 0.655. The molecule has 0 amide bonds. The fourth-order valence-electron chi connectivity index (χ4n) is 1.62. The van der Waals surface area contributed by atoms with E-state index >= 15 is 0 Å². The van der Waals surface area contributed by atoms with E-state index in [9.17, 15) is 0 Å². The maximum atomic E-state index is 4.58. The Labute approximate surface area is 101 Å². The maximum absolute atomic E-state index is 4.58. The van der Waals surface area contributed by atoms with Crippen molar-refractivity contribution in [2.75, 3.05) is 5.33 Å². The van der Waals surface area contributed by atoms with E-state index in [2.05, 4.69) is 60.3 Å². The minimum absolute atomic E-state index is 0.655. The Hall–Kier alpha value is -0.310. The van der Waals surface area contributed by atoms with E-state index in [1.165, 1.54) is 11.3 Å². The van der Waals surface area contributed by atoms with Crippen LogP contribution in [0.2, 0.25) is 0 Å². The van der Waals surface area contributed by atoms with Crippen molar-refractivity contribution in [2.24, 2.45) is 11.8 Å². The first-order valence-corrected chi connectivity index (χ1v) is 6.66. The lowest BCUT2D eigenvalue weighted by molar-refractivity contribution is 0.353. The molecule has 1 unspecified atom stereocenters. The molecule has 1 heterocycles. The van der Waals surface area contributed by atoms with Crippen molar-refractivity contribution in [2.45, 2.75) is 41.2 Å². The Balaban J connectivity index is 2.84. The van der Waals surface area contributed by atoms with Crippen LogP contribution in [0.5, 0.6) is 0 Å². The van der Waals surface area contributed by atoms with Crippen molar-refractivity contribution < 1.29 is 0 Å². The molecule has 0 aromatic carbocycles. The third-order valence-electron chi connectivity index (χ3n) is 3.29. The molecule has 1 rings (SSSR count). The predicted molar refractivity (Wildman–Crippen MR) is 68.6 cm³/mol. The SMILES string of the molecule is Cc1nn(CC(CBr)C(C)C)c(C)c1C. The van der Waals surface area contributed by atoms with Gasteiger partial charge in [0.2, 0.25) is 0 Å². The van der Waals surface area contributed by atoms with Gasteiger partial charge in [-0.15, -0.1) is 0 Å². The molecular weight excluding hydrogens is 252 g/mol. The largest absolute Gasteiger partial charge is 0.269 e. The number of nitrogens with zero attached hydrogens (tertiary/aromatic N) is 2. The Morgan fingerprint density at radius 1 is 1.27 bits per heavy atom. The van der Waals surface area contributed by atoms with E-state index in [0.29, 0.717) is 11.8 Å². The van der Waals surface area contributed by atoms with E-state index in [0.717, 1.165) is 17.6 Å². The van der Waals surface area contributed by atoms with Gasteiger partial charge in [0.1, 0.15) is 0 Å². The average molecular weight is 273 g/mol. The van der Waals surface area contributed by atoms with Crippen LogP contribution in [0.4, 0.5) is 0 Å². The van der Waals surface area contributed by atoms with E-state index in [-0.39, 0.29) is 0 Å². The molecule has 1 aromatic heterocycles. The fourth-order valence-corrected chi connectivity index (χ4v) is 2.58. The van der Waals surface area contributed by atoms with Crippen LogP contribution in [0.1, 0.15) is 30.8 Å². The van der Waals surface area contributed by atoms with Crippen LogP contribution in [-0.4, -0.2) is 15.1 Å². The molecule has 15 heavy (non-hydrogen) atoms. The van der Waals surface area contributed by atoms with Gasteiger partial charge in [-0.1, -0.05) is 29.8 Å². The molecule has 0 fully saturated rings. The minimum Gasteiger partial charge on any atom is -0.269 e. The third kappa shape index (κ3) is 2.83. The van der Waals surface area contributed by atoms with Gasteiger partial charge in [0.05, 0.1) is 5.69 Å². The quantitative estimate of drug-likeness (QED) is 0.768. The standard InChI is InChI=1S/C12H21BrN2/c1-8(2)12(6-13)7-15-11(5)9(3)10(4)14-15/h8,12H,6-7H2,1-5H3. The molecule has 0 spiro atoms. The van der Waals surface area contributed by atoms with Crippen LogP contribution in [0.25, 0.3) is 0 Å². The van der Waals surface area contributed by atoms with Crippen molar-refractivity contribution in [3.8, 4) is 0 Å². The third-order valence-corrected chi connectivity index (χ3v) is 4.12. The van der Waals surface area contributed by atoms with E-state index in [1.54, 1.807) is 0 Å². The normalized spacial score (nSPS) is 13.5. The number of alkyl halides is 1. The smallest absolute Gasteiger partial charge is 0.0625 e. The molecule has 0 bridgehead atoms. The highest BCUT2D eigenvalue weighted by atomic mass is 79.9. The van der Waals surface area contributed by atoms with E-state index in [1.807, 2.05) is 0 Å². The molecule has 0 aliphatic carbocycles. The zero-order valence-electron chi connectivity index (χ0n) is 10.3. The predicted octanol–water partition coefficient (Wildman–Crippen LogP) is 3.48. The highest BCUT2D eigenvalue weighted by molar-refractivity contribution is 9.09. The van der Waals surface area contributed by atoms with Gasteiger partial charge in [0, 0.05) is 17.6 Å². The fraction of sp³-hybridized carbons (Fsp3) is 0.750. The van der Waals surface area contributed by atoms with Crippen molar-refractivity contribution in [3.63, 3.8) is 0 Å². The Bertz CT molecular complexity index is 329. The van der Waals surface area contributed by atoms with Crippen molar-refractivity contribution in [1.29, 1.82) is 0 Å². The van der Waals surface area contributed by atoms with Crippen LogP contribution in [0.3, 0.4) is 0 Å². The molecule has 0 saturated heterocycles. The highest BCUT2D eigenvalue weighted by Crippen LogP contribution is 2.19. The zero-order valence-corrected chi connectivity index (χ0v) is 11.9. The first-order chi connectivity index (χ1) is 6.97. The van der Waals surface area contributed by atoms with Crippen molar-refractivity contribution >= 4 is 15.9 Å². The van der Waals surface area contributed by atoms with Gasteiger partial charge in [-0.25, -0.2) is 0 Å². The monoisotopic (exact) mass is 272 g/mol. The Morgan fingerprint density at radius 2 is 1.87 bits per heavy atom. The first kappa shape index (κ1) is 12.8. The molecule has 2 nitrogen and oxygen atoms in total. The summed E-state index contributed by atoms with van der Waals surface area (Å²) in [6.07, 6.45) is 0. The number of aromatic nitrogens is 2. The topological polar surface area (TPSA) is 17.8 Å². The van der Waals surface area contributed by atoms with Crippen LogP contribution in [-0.2, 0) is 6.54 Å². The molecule has 0 radical (unpaired) electrons. The summed E-state index contributed by atoms with van der Waals surface area (Å²) in [5.74, 6) is 1.34. The molecule has 3 heteroatoms. The Morgan fingerprint density at radius 3 is 2.20 bits per heavy atom. The van der Waals surface area contributed by atoms with Gasteiger partial charge in [-0.05, 0) is 38.2 Å². The average Bonchev–Trinajstić information content (AvgIpc) is 2.42. The van der Waals surface area contributed by atoms with Gasteiger partial charge in [-0.2, -0.15) is 5.10 Å². The van der Waals surface area contributed by atoms with Crippen LogP contribution >= 0.6 is 15.9 Å². The lowest BCUT2D eigenvalue weighted by Crippen LogP contribution is -2.19. The Kier molecular flexibility index (Phi) is 4.38. The van der Waals surface area contributed by atoms with Gasteiger partial charge >= 0.3 is 0 Å². The lowest BCUT2D eigenvalue weighted by Gasteiger charge is -2.18. The van der Waals surface area contributed by atoms with Crippen LogP contribution in [0.15, 0.2) is 0 Å². The van der Waals surface area contributed by atoms with E-state index < -0.39 is 0 Å². The molecule has 0 N–H and O–H groups in total. The number of rotatable bonds is 4. The van der Waals surface area contributed by atoms with Crippen LogP contribution < -0.4 is 0 Å². The van der Waals surface area contributed by atoms with Crippen molar-refractivity contribution in [1.82, 2.24) is 9.78 Å². The second-order valence-corrected chi connectivity index (χ2v) is 5.28. The van der Waals surface area contributed by atoms with Crippen LogP contribution in [0, 0.1) is 32.6 Å². The number of halogens is 1. The van der Waals surface area contributed by atoms with Gasteiger partial charge in [0.15, 0.2) is 0 Å².